The maximum Gasteiger partial charge on any atom is 0.266 e. The number of ketones is 1. The van der Waals surface area contributed by atoms with Gasteiger partial charge in [-0.1, -0.05) is 11.8 Å². The maximum atomic E-state index is 13.6. The van der Waals surface area contributed by atoms with E-state index in [0.717, 1.165) is 11.8 Å². The van der Waals surface area contributed by atoms with E-state index in [-0.39, 0.29) is 34.0 Å². The topological polar surface area (TPSA) is 99.5 Å². The van der Waals surface area contributed by atoms with E-state index in [4.69, 9.17) is 9.47 Å². The van der Waals surface area contributed by atoms with Crippen LogP contribution in [0.4, 0.5) is 4.39 Å². The zero-order chi connectivity index (χ0) is 27.4. The third-order valence-corrected chi connectivity index (χ3v) is 6.58. The minimum Gasteiger partial charge on any atom is -0.493 e. The number of hydrogen-bond acceptors (Lipinski definition) is 7. The van der Waals surface area contributed by atoms with Gasteiger partial charge in [0.1, 0.15) is 5.82 Å². The zero-order valence-corrected chi connectivity index (χ0v) is 22.1. The molecule has 3 aromatic carbocycles. The Kier molecular flexibility index (Phi) is 8.11. The lowest BCUT2D eigenvalue weighted by Gasteiger charge is -2.14. The van der Waals surface area contributed by atoms with Crippen LogP contribution in [-0.2, 0) is 0 Å². The van der Waals surface area contributed by atoms with Crippen molar-refractivity contribution in [1.29, 1.82) is 0 Å². The molecular weight excluding hydrogens is 509 g/mol. The normalized spacial score (nSPS) is 11.0. The van der Waals surface area contributed by atoms with Gasteiger partial charge in [0.05, 0.1) is 36.6 Å². The third-order valence-electron chi connectivity index (χ3n) is 5.64. The first-order valence-corrected chi connectivity index (χ1v) is 12.7. The average Bonchev–Trinajstić information content (AvgIpc) is 2.91. The van der Waals surface area contributed by atoms with Crippen molar-refractivity contribution in [2.45, 2.75) is 25.0 Å². The number of nitrogens with zero attached hydrogens (tertiary/aromatic N) is 2. The zero-order valence-electron chi connectivity index (χ0n) is 21.3. The number of rotatable bonds is 9. The highest BCUT2D eigenvalue weighted by molar-refractivity contribution is 7.99. The molecule has 0 aliphatic rings. The highest BCUT2D eigenvalue weighted by Gasteiger charge is 2.18. The summed E-state index contributed by atoms with van der Waals surface area (Å²) >= 11 is 1.06. The molecule has 0 atom stereocenters. The molecule has 1 N–H and O–H groups in total. The van der Waals surface area contributed by atoms with Crippen LogP contribution in [0, 0.1) is 5.82 Å². The number of methoxy groups -OCH3 is 2. The van der Waals surface area contributed by atoms with Crippen molar-refractivity contribution in [3.8, 4) is 17.2 Å². The van der Waals surface area contributed by atoms with E-state index in [1.165, 1.54) is 43.1 Å². The van der Waals surface area contributed by atoms with Crippen molar-refractivity contribution in [3.05, 3.63) is 88.0 Å². The minimum atomic E-state index is -0.450. The van der Waals surface area contributed by atoms with E-state index < -0.39 is 11.4 Å². The summed E-state index contributed by atoms with van der Waals surface area (Å²) in [5.74, 6) is -0.0836. The molecule has 0 bridgehead atoms. The number of aromatic nitrogens is 2. The molecule has 196 valence electrons. The number of halogens is 1. The van der Waals surface area contributed by atoms with Crippen LogP contribution in [0.1, 0.15) is 34.6 Å². The molecule has 0 aliphatic carbocycles. The van der Waals surface area contributed by atoms with Crippen molar-refractivity contribution in [2.24, 2.45) is 0 Å². The van der Waals surface area contributed by atoms with Gasteiger partial charge in [-0.15, -0.1) is 0 Å². The molecule has 38 heavy (non-hydrogen) atoms. The molecule has 1 heterocycles. The largest absolute Gasteiger partial charge is 0.493 e. The van der Waals surface area contributed by atoms with Crippen LogP contribution in [0.25, 0.3) is 16.6 Å². The lowest BCUT2D eigenvalue weighted by molar-refractivity contribution is 0.0942. The van der Waals surface area contributed by atoms with Crippen molar-refractivity contribution >= 4 is 34.4 Å². The number of amides is 1. The van der Waals surface area contributed by atoms with Crippen molar-refractivity contribution < 1.29 is 23.5 Å². The number of fused-ring (bicyclic) bond motifs is 1. The van der Waals surface area contributed by atoms with Gasteiger partial charge in [0.2, 0.25) is 0 Å². The van der Waals surface area contributed by atoms with Gasteiger partial charge in [-0.3, -0.25) is 19.0 Å². The fourth-order valence-corrected chi connectivity index (χ4v) is 4.70. The molecule has 8 nitrogen and oxygen atoms in total. The molecular formula is C28H26FN3O5S. The predicted octanol–water partition coefficient (Wildman–Crippen LogP) is 4.66. The summed E-state index contributed by atoms with van der Waals surface area (Å²) < 4.78 is 25.5. The fourth-order valence-electron chi connectivity index (χ4n) is 3.79. The van der Waals surface area contributed by atoms with E-state index in [2.05, 4.69) is 10.3 Å². The second-order valence-electron chi connectivity index (χ2n) is 8.65. The molecule has 1 amide bonds. The van der Waals surface area contributed by atoms with Gasteiger partial charge in [0.25, 0.3) is 11.5 Å². The monoisotopic (exact) mass is 535 g/mol. The smallest absolute Gasteiger partial charge is 0.266 e. The average molecular weight is 536 g/mol. The lowest BCUT2D eigenvalue weighted by Crippen LogP contribution is -2.30. The molecule has 0 unspecified atom stereocenters. The van der Waals surface area contributed by atoms with Crippen molar-refractivity contribution in [3.63, 3.8) is 0 Å². The van der Waals surface area contributed by atoms with Crippen LogP contribution in [-0.4, -0.2) is 47.3 Å². The molecule has 4 aromatic rings. The van der Waals surface area contributed by atoms with E-state index in [9.17, 15) is 18.8 Å². The number of benzene rings is 3. The number of Topliss-reactive ketones (excluding diaryl/α,β-unsaturated/α-hetero) is 1. The number of ether oxygens (including phenoxy) is 2. The minimum absolute atomic E-state index is 0.0395. The van der Waals surface area contributed by atoms with Gasteiger partial charge in [-0.2, -0.15) is 0 Å². The maximum absolute atomic E-state index is 13.6. The third kappa shape index (κ3) is 5.70. The van der Waals surface area contributed by atoms with Gasteiger partial charge in [-0.05, 0) is 74.5 Å². The number of thioether (sulfide) groups is 1. The molecule has 4 rings (SSSR count). The van der Waals surface area contributed by atoms with Gasteiger partial charge < -0.3 is 14.8 Å². The molecule has 0 aliphatic heterocycles. The Balaban J connectivity index is 1.75. The predicted molar refractivity (Wildman–Crippen MR) is 145 cm³/mol. The van der Waals surface area contributed by atoms with Crippen LogP contribution < -0.4 is 20.3 Å². The van der Waals surface area contributed by atoms with Gasteiger partial charge in [0.15, 0.2) is 22.4 Å². The molecule has 0 saturated carbocycles. The number of nitrogens with one attached hydrogen (secondary N) is 1. The Bertz CT molecular complexity index is 1570. The summed E-state index contributed by atoms with van der Waals surface area (Å²) in [5.41, 5.74) is 1.06. The molecule has 10 heteroatoms. The summed E-state index contributed by atoms with van der Waals surface area (Å²) in [7, 11) is 2.99. The Morgan fingerprint density at radius 2 is 1.66 bits per heavy atom. The molecule has 0 radical (unpaired) electrons. The number of carbonyl (C=O) groups excluding carboxylic acids is 2. The molecule has 0 fully saturated rings. The van der Waals surface area contributed by atoms with Crippen molar-refractivity contribution in [1.82, 2.24) is 14.9 Å². The standard InChI is InChI=1S/C28H26FN3O5S/c1-16(2)30-26(34)18-5-11-21-22(13-18)31-28(32(27(21)35)20-9-7-19(29)8-10-20)38-15-23(33)17-6-12-24(36-3)25(14-17)37-4/h5-14,16H,15H2,1-4H3,(H,30,34). The lowest BCUT2D eigenvalue weighted by atomic mass is 10.1. The highest BCUT2D eigenvalue weighted by atomic mass is 32.2. The van der Waals surface area contributed by atoms with E-state index >= 15 is 0 Å². The Morgan fingerprint density at radius 1 is 0.974 bits per heavy atom. The number of hydrogen-bond donors (Lipinski definition) is 1. The van der Waals surface area contributed by atoms with Gasteiger partial charge >= 0.3 is 0 Å². The summed E-state index contributed by atoms with van der Waals surface area (Å²) in [4.78, 5) is 43.8. The summed E-state index contributed by atoms with van der Waals surface area (Å²) in [6.07, 6.45) is 0. The van der Waals surface area contributed by atoms with Crippen LogP contribution in [0.5, 0.6) is 11.5 Å². The quantitative estimate of drug-likeness (QED) is 0.189. The van der Waals surface area contributed by atoms with Crippen LogP contribution in [0.3, 0.4) is 0 Å². The fraction of sp³-hybridized carbons (Fsp3) is 0.214. The van der Waals surface area contributed by atoms with Crippen LogP contribution >= 0.6 is 11.8 Å². The van der Waals surface area contributed by atoms with Gasteiger partial charge in [0, 0.05) is 17.2 Å². The Morgan fingerprint density at radius 3 is 2.32 bits per heavy atom. The van der Waals surface area contributed by atoms with Crippen LogP contribution in [0.2, 0.25) is 0 Å². The summed E-state index contributed by atoms with van der Waals surface area (Å²) in [5, 5.41) is 3.33. The van der Waals surface area contributed by atoms with Crippen molar-refractivity contribution in [2.75, 3.05) is 20.0 Å². The molecule has 1 aromatic heterocycles. The first kappa shape index (κ1) is 26.9. The van der Waals surface area contributed by atoms with E-state index in [1.54, 1.807) is 36.4 Å². The van der Waals surface area contributed by atoms with E-state index in [0.29, 0.717) is 33.8 Å². The Labute approximate surface area is 222 Å². The molecule has 0 spiro atoms. The highest BCUT2D eigenvalue weighted by Crippen LogP contribution is 2.29. The molecule has 0 saturated heterocycles. The first-order valence-electron chi connectivity index (χ1n) is 11.7. The van der Waals surface area contributed by atoms with E-state index in [1.807, 2.05) is 13.8 Å². The second-order valence-corrected chi connectivity index (χ2v) is 9.60. The second kappa shape index (κ2) is 11.5. The van der Waals surface area contributed by atoms with Crippen LogP contribution in [0.15, 0.2) is 70.6 Å². The number of carbonyl (C=O) groups is 2. The summed E-state index contributed by atoms with van der Waals surface area (Å²) in [6.45, 7) is 3.70. The summed E-state index contributed by atoms with van der Waals surface area (Å²) in [6, 6.07) is 14.9. The first-order chi connectivity index (χ1) is 18.2. The Hall–Kier alpha value is -4.18. The SMILES string of the molecule is COc1ccc(C(=O)CSc2nc3cc(C(=O)NC(C)C)ccc3c(=O)n2-c2ccc(F)cc2)cc1OC. The van der Waals surface area contributed by atoms with Gasteiger partial charge in [-0.25, -0.2) is 9.37 Å².